The maximum Gasteiger partial charge on any atom is 0.341 e. The molecule has 0 spiro atoms. The molecule has 0 aromatic heterocycles. The van der Waals surface area contributed by atoms with Crippen molar-refractivity contribution in [2.75, 3.05) is 26.4 Å². The summed E-state index contributed by atoms with van der Waals surface area (Å²) in [6, 6.07) is -0.150. The maximum atomic E-state index is 12.9. The number of nitrogens with one attached hydrogen (secondary N) is 1. The number of urea groups is 1. The molecule has 0 aromatic rings. The first-order chi connectivity index (χ1) is 14.0. The molecule has 0 bridgehead atoms. The molecule has 29 heavy (non-hydrogen) atoms. The molecule has 8 heteroatoms. The molecule has 0 saturated heterocycles. The molecule has 2 rings (SSSR count). The lowest BCUT2D eigenvalue weighted by Crippen LogP contribution is -2.48. The second-order valence-electron chi connectivity index (χ2n) is 8.25. The summed E-state index contributed by atoms with van der Waals surface area (Å²) in [4.78, 5) is 27.7. The molecule has 1 unspecified atom stereocenters. The van der Waals surface area contributed by atoms with Gasteiger partial charge in [0.25, 0.3) is 11.5 Å². The van der Waals surface area contributed by atoms with Crippen molar-refractivity contribution < 1.29 is 14.3 Å². The zero-order chi connectivity index (χ0) is 21.1. The predicted octanol–water partition coefficient (Wildman–Crippen LogP) is 4.18. The highest BCUT2D eigenvalue weighted by molar-refractivity contribution is 8.13. The molecule has 1 N–H and O–H groups in total. The number of hydrogen-bond acceptors (Lipinski definition) is 6. The Morgan fingerprint density at radius 3 is 2.55 bits per heavy atom. The molecule has 7 nitrogen and oxygen atoms in total. The Kier molecular flexibility index (Phi) is 10.8. The zero-order valence-corrected chi connectivity index (χ0v) is 19.1. The Bertz CT molecular complexity index is 548. The number of amides is 2. The number of thioether (sulfide) groups is 1. The van der Waals surface area contributed by atoms with E-state index in [1.54, 1.807) is 0 Å². The Morgan fingerprint density at radius 1 is 1.17 bits per heavy atom. The van der Waals surface area contributed by atoms with Gasteiger partial charge < -0.3 is 15.0 Å². The average Bonchev–Trinajstić information content (AvgIpc) is 2.95. The van der Waals surface area contributed by atoms with Gasteiger partial charge in [-0.25, -0.2) is 4.79 Å². The highest BCUT2D eigenvalue weighted by Crippen LogP contribution is 2.24. The van der Waals surface area contributed by atoms with Crippen molar-refractivity contribution in [1.29, 1.82) is 0 Å². The normalized spacial score (nSPS) is 20.3. The van der Waals surface area contributed by atoms with Gasteiger partial charge in [-0.05, 0) is 46.3 Å². The van der Waals surface area contributed by atoms with E-state index in [2.05, 4.69) is 22.2 Å². The summed E-state index contributed by atoms with van der Waals surface area (Å²) in [6.45, 7) is 3.08. The summed E-state index contributed by atoms with van der Waals surface area (Å²) >= 11 is 1.47. The van der Waals surface area contributed by atoms with E-state index < -0.39 is 6.23 Å². The third-order valence-electron chi connectivity index (χ3n) is 5.29. The molecule has 1 fully saturated rings. The van der Waals surface area contributed by atoms with Gasteiger partial charge in [0.05, 0.1) is 0 Å². The molecule has 0 aromatic carbocycles. The van der Waals surface area contributed by atoms with Crippen LogP contribution in [-0.4, -0.2) is 65.6 Å². The number of ether oxygens (including phenoxy) is 1. The van der Waals surface area contributed by atoms with E-state index in [0.29, 0.717) is 11.7 Å². The van der Waals surface area contributed by atoms with E-state index in [1.165, 1.54) is 29.6 Å². The van der Waals surface area contributed by atoms with Crippen LogP contribution in [0.1, 0.15) is 77.6 Å². The fraction of sp³-hybridized carbons (Fsp3) is 0.857. The van der Waals surface area contributed by atoms with Gasteiger partial charge in [-0.3, -0.25) is 4.79 Å². The number of ketones is 1. The Hall–Kier alpha value is -1.28. The van der Waals surface area contributed by atoms with Crippen molar-refractivity contribution >= 4 is 28.8 Å². The van der Waals surface area contributed by atoms with Gasteiger partial charge >= 0.3 is 6.03 Å². The summed E-state index contributed by atoms with van der Waals surface area (Å²) in [7, 11) is 4.08. The van der Waals surface area contributed by atoms with Gasteiger partial charge in [0, 0.05) is 18.2 Å². The van der Waals surface area contributed by atoms with Crippen LogP contribution in [0, 0.1) is 0 Å². The minimum absolute atomic E-state index is 0.0675. The van der Waals surface area contributed by atoms with Gasteiger partial charge in [-0.2, -0.15) is 5.01 Å². The lowest BCUT2D eigenvalue weighted by Gasteiger charge is -2.23. The van der Waals surface area contributed by atoms with Crippen LogP contribution in [-0.2, 0) is 9.53 Å². The molecular formula is C21H38N4O3S. The number of Topliss-reactive ketones (excluding diaryl/α,β-unsaturated/α-hetero) is 1. The first kappa shape index (κ1) is 24.0. The second kappa shape index (κ2) is 13.1. The molecule has 2 aliphatic rings. The molecular weight excluding hydrogens is 388 g/mol. The Morgan fingerprint density at radius 2 is 1.90 bits per heavy atom. The first-order valence-corrected chi connectivity index (χ1v) is 12.1. The van der Waals surface area contributed by atoms with Crippen LogP contribution < -0.4 is 5.32 Å². The van der Waals surface area contributed by atoms with Crippen molar-refractivity contribution in [3.8, 4) is 0 Å². The van der Waals surface area contributed by atoms with Crippen LogP contribution in [0.4, 0.5) is 4.79 Å². The van der Waals surface area contributed by atoms with Gasteiger partial charge in [-0.15, -0.1) is 5.10 Å². The molecule has 1 heterocycles. The van der Waals surface area contributed by atoms with E-state index in [4.69, 9.17) is 4.74 Å². The van der Waals surface area contributed by atoms with E-state index in [1.807, 2.05) is 14.1 Å². The molecule has 1 atom stereocenters. The Labute approximate surface area is 180 Å². The van der Waals surface area contributed by atoms with E-state index in [0.717, 1.165) is 63.7 Å². The van der Waals surface area contributed by atoms with Crippen LogP contribution >= 0.6 is 11.8 Å². The second-order valence-corrected chi connectivity index (χ2v) is 9.29. The first-order valence-electron chi connectivity index (χ1n) is 11.2. The minimum atomic E-state index is -0.922. The number of carbonyl (C=O) groups is 2. The van der Waals surface area contributed by atoms with Crippen molar-refractivity contribution in [2.45, 2.75) is 89.8 Å². The van der Waals surface area contributed by atoms with Crippen LogP contribution in [0.25, 0.3) is 0 Å². The number of unbranched alkanes of at least 4 members (excludes halogenated alkanes) is 2. The van der Waals surface area contributed by atoms with Crippen LogP contribution in [0.3, 0.4) is 0 Å². The van der Waals surface area contributed by atoms with Crippen LogP contribution in [0.5, 0.6) is 0 Å². The fourth-order valence-corrected chi connectivity index (χ4v) is 4.36. The van der Waals surface area contributed by atoms with E-state index >= 15 is 0 Å². The molecule has 0 radical (unpaired) electrons. The SMILES string of the molecule is CCCCCC(=O)C1OC(SCCCN(C)C)=NN1C(=O)NC1CCCCCC1. The standard InChI is InChI=1S/C21H38N4O3S/c1-4-5-8-14-18(26)19-25(20(27)22-17-12-9-6-7-10-13-17)23-21(28-19)29-16-11-15-24(2)3/h17,19H,4-16H2,1-3H3,(H,22,27). The van der Waals surface area contributed by atoms with E-state index in [9.17, 15) is 9.59 Å². The summed E-state index contributed by atoms with van der Waals surface area (Å²) in [6.07, 6.45) is 10.1. The number of nitrogens with zero attached hydrogens (tertiary/aromatic N) is 3. The minimum Gasteiger partial charge on any atom is -0.438 e. The zero-order valence-electron chi connectivity index (χ0n) is 18.3. The third-order valence-corrected chi connectivity index (χ3v) is 6.21. The number of hydrazone groups is 1. The molecule has 166 valence electrons. The summed E-state index contributed by atoms with van der Waals surface area (Å²) in [5.74, 6) is 0.772. The van der Waals surface area contributed by atoms with E-state index in [-0.39, 0.29) is 17.9 Å². The lowest BCUT2D eigenvalue weighted by molar-refractivity contribution is -0.131. The quantitative estimate of drug-likeness (QED) is 0.419. The van der Waals surface area contributed by atoms with Gasteiger partial charge in [-0.1, -0.05) is 57.2 Å². The van der Waals surface area contributed by atoms with Crippen molar-refractivity contribution in [2.24, 2.45) is 5.10 Å². The smallest absolute Gasteiger partial charge is 0.341 e. The predicted molar refractivity (Wildman–Crippen MR) is 119 cm³/mol. The molecule has 2 amide bonds. The lowest BCUT2D eigenvalue weighted by atomic mass is 10.1. The number of rotatable bonds is 10. The highest BCUT2D eigenvalue weighted by atomic mass is 32.2. The van der Waals surface area contributed by atoms with Crippen LogP contribution in [0.15, 0.2) is 5.10 Å². The molecule has 1 aliphatic heterocycles. The Balaban J connectivity index is 1.96. The van der Waals surface area contributed by atoms with Crippen LogP contribution in [0.2, 0.25) is 0 Å². The monoisotopic (exact) mass is 426 g/mol. The molecule has 1 saturated carbocycles. The molecule has 1 aliphatic carbocycles. The largest absolute Gasteiger partial charge is 0.438 e. The van der Waals surface area contributed by atoms with Crippen molar-refractivity contribution in [1.82, 2.24) is 15.2 Å². The van der Waals surface area contributed by atoms with Gasteiger partial charge in [0.2, 0.25) is 0 Å². The van der Waals surface area contributed by atoms with Crippen molar-refractivity contribution in [3.63, 3.8) is 0 Å². The summed E-state index contributed by atoms with van der Waals surface area (Å²) in [5, 5.41) is 9.12. The summed E-state index contributed by atoms with van der Waals surface area (Å²) in [5.41, 5.74) is 0. The fourth-order valence-electron chi connectivity index (χ4n) is 3.60. The average molecular weight is 427 g/mol. The number of hydrogen-bond donors (Lipinski definition) is 1. The van der Waals surface area contributed by atoms with Crippen molar-refractivity contribution in [3.05, 3.63) is 0 Å². The highest BCUT2D eigenvalue weighted by Gasteiger charge is 2.38. The maximum absolute atomic E-state index is 12.9. The van der Waals surface area contributed by atoms with Gasteiger partial charge in [0.1, 0.15) is 0 Å². The topological polar surface area (TPSA) is 74.2 Å². The van der Waals surface area contributed by atoms with Gasteiger partial charge in [0.15, 0.2) is 5.78 Å². The number of carbonyl (C=O) groups excluding carboxylic acids is 2. The summed E-state index contributed by atoms with van der Waals surface area (Å²) < 4.78 is 5.82. The third kappa shape index (κ3) is 8.54.